The molecule has 0 spiro atoms. The molecule has 51 heavy (non-hydrogen) atoms. The van der Waals surface area contributed by atoms with E-state index >= 15 is 0 Å². The number of halogens is 1. The summed E-state index contributed by atoms with van der Waals surface area (Å²) in [7, 11) is 0. The summed E-state index contributed by atoms with van der Waals surface area (Å²) < 4.78 is 7.39. The predicted octanol–water partition coefficient (Wildman–Crippen LogP) is 8.42. The van der Waals surface area contributed by atoms with Crippen LogP contribution in [0.2, 0.25) is 5.02 Å². The van der Waals surface area contributed by atoms with Crippen LogP contribution in [0, 0.1) is 0 Å². The van der Waals surface area contributed by atoms with Gasteiger partial charge in [-0.3, -0.25) is 9.88 Å². The van der Waals surface area contributed by atoms with Crippen molar-refractivity contribution in [2.45, 2.75) is 112 Å². The number of carbonyl (C=O) groups excluding carboxylic acids is 1. The minimum atomic E-state index is -0.612. The fourth-order valence-corrected chi connectivity index (χ4v) is 7.19. The van der Waals surface area contributed by atoms with Gasteiger partial charge in [0.1, 0.15) is 11.4 Å². The molecule has 2 atom stereocenters. The average Bonchev–Trinajstić information content (AvgIpc) is 3.06. The number of pyridine rings is 2. The average molecular weight is 716 g/mol. The van der Waals surface area contributed by atoms with E-state index in [1.165, 1.54) is 0 Å². The zero-order chi connectivity index (χ0) is 37.4. The Kier molecular flexibility index (Phi) is 11.5. The molecule has 1 saturated heterocycles. The molecule has 1 aromatic carbocycles. The van der Waals surface area contributed by atoms with Gasteiger partial charge < -0.3 is 14.5 Å². The van der Waals surface area contributed by atoms with Crippen molar-refractivity contribution in [2.75, 3.05) is 31.1 Å². The lowest BCUT2D eigenvalue weighted by Gasteiger charge is -2.44. The van der Waals surface area contributed by atoms with Gasteiger partial charge in [-0.15, -0.1) is 0 Å². The number of anilines is 1. The molecule has 0 bridgehead atoms. The van der Waals surface area contributed by atoms with Crippen molar-refractivity contribution in [3.8, 4) is 16.9 Å². The van der Waals surface area contributed by atoms with Crippen molar-refractivity contribution in [3.63, 3.8) is 0 Å². The molecule has 1 aliphatic rings. The summed E-state index contributed by atoms with van der Waals surface area (Å²) in [6, 6.07) is 11.7. The number of piperazine rings is 1. The van der Waals surface area contributed by atoms with E-state index in [0.717, 1.165) is 35.5 Å². The molecule has 10 nitrogen and oxygen atoms in total. The molecule has 0 aliphatic carbocycles. The minimum absolute atomic E-state index is 0.0218. The van der Waals surface area contributed by atoms with Crippen LogP contribution in [0.4, 0.5) is 10.6 Å². The summed E-state index contributed by atoms with van der Waals surface area (Å²) in [5.74, 6) is 0.737. The van der Waals surface area contributed by atoms with Crippen molar-refractivity contribution in [3.05, 3.63) is 74.9 Å². The second-order valence-corrected chi connectivity index (χ2v) is 15.7. The van der Waals surface area contributed by atoms with Gasteiger partial charge in [-0.2, -0.15) is 4.98 Å². The molecule has 0 unspecified atom stereocenters. The van der Waals surface area contributed by atoms with E-state index in [0.29, 0.717) is 52.9 Å². The van der Waals surface area contributed by atoms with Gasteiger partial charge in [0.05, 0.1) is 27.5 Å². The van der Waals surface area contributed by atoms with Crippen molar-refractivity contribution in [1.82, 2.24) is 29.3 Å². The van der Waals surface area contributed by atoms with Crippen LogP contribution in [-0.4, -0.2) is 79.3 Å². The topological polar surface area (TPSA) is 96.7 Å². The number of hydrogen-bond acceptors (Lipinski definition) is 8. The van der Waals surface area contributed by atoms with Crippen molar-refractivity contribution in [2.24, 2.45) is 0 Å². The molecular weight excluding hydrogens is 662 g/mol. The Morgan fingerprint density at radius 1 is 1.00 bits per heavy atom. The molecule has 1 fully saturated rings. The number of rotatable bonds is 9. The Morgan fingerprint density at radius 3 is 2.31 bits per heavy atom. The second-order valence-electron chi connectivity index (χ2n) is 15.3. The first-order valence-electron chi connectivity index (χ1n) is 18.2. The number of fused-ring (bicyclic) bond motifs is 1. The van der Waals surface area contributed by atoms with E-state index in [1.54, 1.807) is 9.47 Å². The summed E-state index contributed by atoms with van der Waals surface area (Å²) in [6.45, 7) is 25.6. The molecule has 274 valence electrons. The van der Waals surface area contributed by atoms with Gasteiger partial charge in [-0.05, 0) is 82.8 Å². The fraction of sp³-hybridized carbons (Fsp3) is 0.525. The number of carbonyl (C=O) groups is 1. The third-order valence-electron chi connectivity index (χ3n) is 9.62. The first kappa shape index (κ1) is 38.2. The lowest BCUT2D eigenvalue weighted by molar-refractivity contribution is 0.0130. The molecule has 0 radical (unpaired) electrons. The number of nitrogens with zero attached hydrogens (tertiary/aromatic N) is 7. The molecule has 4 aromatic rings. The highest BCUT2D eigenvalue weighted by Gasteiger charge is 2.37. The maximum Gasteiger partial charge on any atom is 0.410 e. The van der Waals surface area contributed by atoms with E-state index < -0.39 is 11.3 Å². The highest BCUT2D eigenvalue weighted by molar-refractivity contribution is 6.34. The molecule has 11 heteroatoms. The maximum absolute atomic E-state index is 14.7. The third kappa shape index (κ3) is 7.92. The standard InChI is InChI=1S/C40H54ClN7O3/c1-12-45(13-2)23-28-18-19-42-33(25(5)6)35(28)48-37-31(20-32(41)34(43-37)30-17-15-14-16-29(30)24(3)4)36(44-38(48)49)46-21-27(8)47(22-26(46)7)39(50)51-40(9,10)11/h14-20,24-27H,12-13,21-23H2,1-11H3/t26-,27+/m0/s1. The lowest BCUT2D eigenvalue weighted by Crippen LogP contribution is -2.59. The molecule has 0 saturated carbocycles. The van der Waals surface area contributed by atoms with Crippen LogP contribution in [-0.2, 0) is 11.3 Å². The van der Waals surface area contributed by atoms with Gasteiger partial charge in [0, 0.05) is 43.5 Å². The van der Waals surface area contributed by atoms with Crippen molar-refractivity contribution < 1.29 is 9.53 Å². The SMILES string of the molecule is CCN(CC)Cc1ccnc(C(C)C)c1-n1c(=O)nc(N2C[C@@H](C)N(C(=O)OC(C)(C)C)C[C@@H]2C)c2cc(Cl)c(-c3ccccc3C(C)C)nc21. The largest absolute Gasteiger partial charge is 0.444 e. The molecule has 1 amide bonds. The van der Waals surface area contributed by atoms with Gasteiger partial charge in [0.15, 0.2) is 5.65 Å². The van der Waals surface area contributed by atoms with Gasteiger partial charge in [0.25, 0.3) is 0 Å². The van der Waals surface area contributed by atoms with Gasteiger partial charge in [0.2, 0.25) is 0 Å². The van der Waals surface area contributed by atoms with Crippen LogP contribution >= 0.6 is 11.6 Å². The lowest BCUT2D eigenvalue weighted by atomic mass is 9.95. The number of aromatic nitrogens is 4. The first-order valence-corrected chi connectivity index (χ1v) is 18.6. The van der Waals surface area contributed by atoms with E-state index in [2.05, 4.69) is 57.4 Å². The van der Waals surface area contributed by atoms with Crippen LogP contribution in [0.1, 0.15) is 105 Å². The molecule has 0 N–H and O–H groups in total. The predicted molar refractivity (Wildman–Crippen MR) is 207 cm³/mol. The number of ether oxygens (including phenoxy) is 1. The highest BCUT2D eigenvalue weighted by atomic mass is 35.5. The van der Waals surface area contributed by atoms with E-state index in [1.807, 2.05) is 71.1 Å². The highest BCUT2D eigenvalue weighted by Crippen LogP contribution is 2.38. The van der Waals surface area contributed by atoms with Crippen molar-refractivity contribution in [1.29, 1.82) is 0 Å². The molecule has 4 heterocycles. The number of hydrogen-bond donors (Lipinski definition) is 0. The summed E-state index contributed by atoms with van der Waals surface area (Å²) in [5, 5.41) is 1.12. The molecule has 3 aromatic heterocycles. The summed E-state index contributed by atoms with van der Waals surface area (Å²) in [5.41, 5.74) is 4.53. The number of benzene rings is 1. The van der Waals surface area contributed by atoms with Gasteiger partial charge >= 0.3 is 11.8 Å². The van der Waals surface area contributed by atoms with E-state index in [4.69, 9.17) is 31.3 Å². The van der Waals surface area contributed by atoms with Gasteiger partial charge in [-0.1, -0.05) is 77.4 Å². The third-order valence-corrected chi connectivity index (χ3v) is 9.91. The van der Waals surface area contributed by atoms with E-state index in [-0.39, 0.29) is 30.0 Å². The Morgan fingerprint density at radius 2 is 1.69 bits per heavy atom. The zero-order valence-electron chi connectivity index (χ0n) is 32.1. The monoisotopic (exact) mass is 715 g/mol. The van der Waals surface area contributed by atoms with Crippen LogP contribution in [0.3, 0.4) is 0 Å². The Hall–Kier alpha value is -4.02. The summed E-state index contributed by atoms with van der Waals surface area (Å²) in [4.78, 5) is 49.0. The molecule has 1 aliphatic heterocycles. The van der Waals surface area contributed by atoms with Crippen LogP contribution in [0.5, 0.6) is 0 Å². The first-order chi connectivity index (χ1) is 24.1. The second kappa shape index (κ2) is 15.3. The quantitative estimate of drug-likeness (QED) is 0.170. The smallest absolute Gasteiger partial charge is 0.410 e. The molecule has 5 rings (SSSR count). The van der Waals surface area contributed by atoms with E-state index in [9.17, 15) is 9.59 Å². The van der Waals surface area contributed by atoms with Gasteiger partial charge in [-0.25, -0.2) is 19.1 Å². The van der Waals surface area contributed by atoms with Crippen LogP contribution < -0.4 is 10.6 Å². The fourth-order valence-electron chi connectivity index (χ4n) is 6.94. The van der Waals surface area contributed by atoms with Crippen LogP contribution in [0.15, 0.2) is 47.4 Å². The Labute approximate surface area is 307 Å². The normalized spacial score (nSPS) is 16.9. The Bertz CT molecular complexity index is 1950. The molecular formula is C40H54ClN7O3. The van der Waals surface area contributed by atoms with Crippen LogP contribution in [0.25, 0.3) is 28.0 Å². The maximum atomic E-state index is 14.7. The zero-order valence-corrected chi connectivity index (χ0v) is 32.9. The summed E-state index contributed by atoms with van der Waals surface area (Å²) >= 11 is 7.19. The minimum Gasteiger partial charge on any atom is -0.444 e. The van der Waals surface area contributed by atoms with Crippen molar-refractivity contribution >= 4 is 34.5 Å². The summed E-state index contributed by atoms with van der Waals surface area (Å²) in [6.07, 6.45) is 1.47. The number of amides is 1. The Balaban J connectivity index is 1.80.